The van der Waals surface area contributed by atoms with Crippen LogP contribution in [0.25, 0.3) is 16.2 Å². The van der Waals surface area contributed by atoms with Crippen molar-refractivity contribution in [3.05, 3.63) is 53.5 Å². The van der Waals surface area contributed by atoms with Gasteiger partial charge < -0.3 is 9.47 Å². The Hall–Kier alpha value is -2.74. The lowest BCUT2D eigenvalue weighted by atomic mass is 10.1. The summed E-state index contributed by atoms with van der Waals surface area (Å²) in [5, 5.41) is 5.68. The molecule has 0 saturated carbocycles. The van der Waals surface area contributed by atoms with E-state index in [4.69, 9.17) is 10.1 Å². The van der Waals surface area contributed by atoms with Crippen molar-refractivity contribution < 1.29 is 4.39 Å². The second-order valence-electron chi connectivity index (χ2n) is 7.49. The molecule has 28 heavy (non-hydrogen) atoms. The third kappa shape index (κ3) is 2.79. The number of nitrogens with zero attached hydrogens (tertiary/aromatic N) is 6. The zero-order chi connectivity index (χ0) is 19.4. The summed E-state index contributed by atoms with van der Waals surface area (Å²) in [6.45, 7) is 6.06. The quantitative estimate of drug-likeness (QED) is 0.525. The van der Waals surface area contributed by atoms with E-state index in [0.29, 0.717) is 5.92 Å². The second kappa shape index (κ2) is 6.41. The smallest absolute Gasteiger partial charge is 0.214 e. The lowest BCUT2D eigenvalue weighted by Gasteiger charge is -2.25. The maximum Gasteiger partial charge on any atom is 0.214 e. The summed E-state index contributed by atoms with van der Waals surface area (Å²) in [5.41, 5.74) is 4.17. The van der Waals surface area contributed by atoms with Gasteiger partial charge in [0.15, 0.2) is 0 Å². The summed E-state index contributed by atoms with van der Waals surface area (Å²) in [6.07, 6.45) is 2.86. The van der Waals surface area contributed by atoms with E-state index >= 15 is 0 Å². The van der Waals surface area contributed by atoms with Crippen molar-refractivity contribution in [2.75, 3.05) is 11.4 Å². The van der Waals surface area contributed by atoms with Crippen molar-refractivity contribution in [2.45, 2.75) is 32.7 Å². The third-order valence-electron chi connectivity index (χ3n) is 5.25. The first-order valence-electron chi connectivity index (χ1n) is 9.41. The lowest BCUT2D eigenvalue weighted by molar-refractivity contribution is 0.628. The van der Waals surface area contributed by atoms with Crippen molar-refractivity contribution in [3.63, 3.8) is 0 Å². The van der Waals surface area contributed by atoms with Gasteiger partial charge in [-0.2, -0.15) is 0 Å². The van der Waals surface area contributed by atoms with Crippen LogP contribution < -0.4 is 4.90 Å². The molecule has 0 unspecified atom stereocenters. The Kier molecular flexibility index (Phi) is 3.97. The van der Waals surface area contributed by atoms with Gasteiger partial charge >= 0.3 is 0 Å². The molecule has 0 radical (unpaired) electrons. The van der Waals surface area contributed by atoms with Gasteiger partial charge in [0.2, 0.25) is 10.1 Å². The van der Waals surface area contributed by atoms with Crippen LogP contribution in [0, 0.1) is 5.82 Å². The number of benzene rings is 1. The summed E-state index contributed by atoms with van der Waals surface area (Å²) in [7, 11) is 2.12. The van der Waals surface area contributed by atoms with E-state index in [9.17, 15) is 4.39 Å². The van der Waals surface area contributed by atoms with E-state index in [2.05, 4.69) is 35.3 Å². The number of hydrogen-bond acceptors (Lipinski definition) is 5. The topological polar surface area (TPSA) is 51.2 Å². The number of halogens is 1. The molecule has 1 aromatic carbocycles. The van der Waals surface area contributed by atoms with Gasteiger partial charge in [0.25, 0.3) is 0 Å². The minimum atomic E-state index is -0.246. The molecular formula is C20H21FN6S. The van der Waals surface area contributed by atoms with Crippen molar-refractivity contribution >= 4 is 21.4 Å². The molecule has 8 heteroatoms. The standard InChI is InChI=1S/C20H21FN6S/c1-12(2)18-22-16-10-26(9-8-17(16)25(18)3)20-24-27-11-15(23-19(27)28-20)13-4-6-14(21)7-5-13/h4-7,11-12H,8-10H2,1-3H3. The van der Waals surface area contributed by atoms with Gasteiger partial charge in [-0.15, -0.1) is 5.10 Å². The Balaban J connectivity index is 1.42. The van der Waals surface area contributed by atoms with Crippen molar-refractivity contribution in [1.82, 2.24) is 24.1 Å². The van der Waals surface area contributed by atoms with Gasteiger partial charge in [-0.3, -0.25) is 0 Å². The predicted molar refractivity (Wildman–Crippen MR) is 108 cm³/mol. The maximum absolute atomic E-state index is 13.1. The average Bonchev–Trinajstić information content (AvgIpc) is 3.33. The molecule has 0 bridgehead atoms. The van der Waals surface area contributed by atoms with Gasteiger partial charge in [0.1, 0.15) is 11.6 Å². The van der Waals surface area contributed by atoms with E-state index < -0.39 is 0 Å². The van der Waals surface area contributed by atoms with Crippen LogP contribution in [0.3, 0.4) is 0 Å². The maximum atomic E-state index is 13.1. The summed E-state index contributed by atoms with van der Waals surface area (Å²) < 4.78 is 17.2. The van der Waals surface area contributed by atoms with Crippen LogP contribution in [0.15, 0.2) is 30.5 Å². The molecule has 0 saturated heterocycles. The van der Waals surface area contributed by atoms with Crippen LogP contribution in [-0.2, 0) is 20.0 Å². The molecule has 0 spiro atoms. The van der Waals surface area contributed by atoms with E-state index in [1.165, 1.54) is 17.8 Å². The van der Waals surface area contributed by atoms with E-state index in [1.807, 2.05) is 10.7 Å². The molecular weight excluding hydrogens is 375 g/mol. The Bertz CT molecular complexity index is 1120. The van der Waals surface area contributed by atoms with Gasteiger partial charge in [0, 0.05) is 37.2 Å². The molecule has 1 aliphatic heterocycles. The summed E-state index contributed by atoms with van der Waals surface area (Å²) in [6, 6.07) is 6.38. The Morgan fingerprint density at radius 2 is 1.93 bits per heavy atom. The number of imidazole rings is 2. The van der Waals surface area contributed by atoms with Gasteiger partial charge in [-0.05, 0) is 24.3 Å². The number of fused-ring (bicyclic) bond motifs is 2. The van der Waals surface area contributed by atoms with Gasteiger partial charge in [-0.1, -0.05) is 25.2 Å². The van der Waals surface area contributed by atoms with E-state index in [0.717, 1.165) is 52.4 Å². The van der Waals surface area contributed by atoms with Crippen molar-refractivity contribution in [2.24, 2.45) is 7.05 Å². The van der Waals surface area contributed by atoms with Gasteiger partial charge in [0.05, 0.1) is 24.1 Å². The number of aromatic nitrogens is 5. The normalized spacial score (nSPS) is 14.2. The van der Waals surface area contributed by atoms with E-state index in [-0.39, 0.29) is 5.82 Å². The van der Waals surface area contributed by atoms with Crippen LogP contribution in [0.2, 0.25) is 0 Å². The molecule has 1 aliphatic rings. The molecule has 0 atom stereocenters. The fourth-order valence-electron chi connectivity index (χ4n) is 3.81. The highest BCUT2D eigenvalue weighted by Crippen LogP contribution is 2.31. The summed E-state index contributed by atoms with van der Waals surface area (Å²) in [4.78, 5) is 12.6. The van der Waals surface area contributed by atoms with Crippen LogP contribution >= 0.6 is 11.3 Å². The fourth-order valence-corrected chi connectivity index (χ4v) is 4.71. The molecule has 4 heterocycles. The highest BCUT2D eigenvalue weighted by atomic mass is 32.1. The number of anilines is 1. The molecule has 0 amide bonds. The zero-order valence-corrected chi connectivity index (χ0v) is 16.9. The average molecular weight is 396 g/mol. The van der Waals surface area contributed by atoms with Crippen LogP contribution in [0.1, 0.15) is 37.0 Å². The van der Waals surface area contributed by atoms with Crippen molar-refractivity contribution in [1.29, 1.82) is 0 Å². The fraction of sp³-hybridized carbons (Fsp3) is 0.350. The Morgan fingerprint density at radius 1 is 1.14 bits per heavy atom. The minimum absolute atomic E-state index is 0.246. The molecule has 0 aliphatic carbocycles. The zero-order valence-electron chi connectivity index (χ0n) is 16.1. The third-order valence-corrected chi connectivity index (χ3v) is 6.23. The monoisotopic (exact) mass is 396 g/mol. The molecule has 3 aromatic heterocycles. The Morgan fingerprint density at radius 3 is 2.64 bits per heavy atom. The molecule has 144 valence electrons. The van der Waals surface area contributed by atoms with Crippen LogP contribution in [0.4, 0.5) is 9.52 Å². The summed E-state index contributed by atoms with van der Waals surface area (Å²) in [5.74, 6) is 1.31. The van der Waals surface area contributed by atoms with E-state index in [1.54, 1.807) is 23.5 Å². The largest absolute Gasteiger partial charge is 0.340 e. The predicted octanol–water partition coefficient (Wildman–Crippen LogP) is 4.02. The number of hydrogen-bond donors (Lipinski definition) is 0. The second-order valence-corrected chi connectivity index (χ2v) is 8.43. The first kappa shape index (κ1) is 17.4. The highest BCUT2D eigenvalue weighted by molar-refractivity contribution is 7.20. The number of rotatable bonds is 3. The van der Waals surface area contributed by atoms with Crippen LogP contribution in [-0.4, -0.2) is 30.7 Å². The van der Waals surface area contributed by atoms with Gasteiger partial charge in [-0.25, -0.2) is 18.9 Å². The first-order chi connectivity index (χ1) is 13.5. The minimum Gasteiger partial charge on any atom is -0.340 e. The first-order valence-corrected chi connectivity index (χ1v) is 10.2. The molecule has 0 fully saturated rings. The SMILES string of the molecule is CC(C)c1nc2c(n1C)CCN(c1nn3cc(-c4ccc(F)cc4)nc3s1)C2. The van der Waals surface area contributed by atoms with Crippen LogP contribution in [0.5, 0.6) is 0 Å². The molecule has 0 N–H and O–H groups in total. The lowest BCUT2D eigenvalue weighted by Crippen LogP contribution is -2.31. The highest BCUT2D eigenvalue weighted by Gasteiger charge is 2.26. The summed E-state index contributed by atoms with van der Waals surface area (Å²) >= 11 is 1.57. The van der Waals surface area contributed by atoms with Crippen molar-refractivity contribution in [3.8, 4) is 11.3 Å². The molecule has 4 aromatic rings. The molecule has 6 nitrogen and oxygen atoms in total. The Labute approximate surface area is 166 Å². The molecule has 5 rings (SSSR count).